The Morgan fingerprint density at radius 2 is 2.06 bits per heavy atom. The number of hydrogen-bond donors (Lipinski definition) is 1. The summed E-state index contributed by atoms with van der Waals surface area (Å²) in [5.41, 5.74) is 1.19. The average molecular weight is 465 g/mol. The predicted molar refractivity (Wildman–Crippen MR) is 126 cm³/mol. The van der Waals surface area contributed by atoms with Crippen LogP contribution in [0.25, 0.3) is 10.8 Å². The Balaban J connectivity index is 1.52. The van der Waals surface area contributed by atoms with E-state index in [0.29, 0.717) is 27.3 Å². The van der Waals surface area contributed by atoms with Gasteiger partial charge in [0.15, 0.2) is 12.3 Å². The second-order valence-electron chi connectivity index (χ2n) is 8.53. The molecule has 3 aromatic rings. The third kappa shape index (κ3) is 4.39. The standard InChI is InChI=1S/C24H24N4O4S/c1-13(2)28-23(30)17-7-5-4-6-16(17)21(27-28)24(31)32-12-20(29)26-22-18(11-25)15-9-8-14(3)10-19(15)33-22/h4-7,13-14H,8-10,12H2,1-3H3,(H,26,29). The van der Waals surface area contributed by atoms with Gasteiger partial charge in [-0.3, -0.25) is 9.59 Å². The van der Waals surface area contributed by atoms with Crippen molar-refractivity contribution in [1.82, 2.24) is 9.78 Å². The highest BCUT2D eigenvalue weighted by Crippen LogP contribution is 2.39. The summed E-state index contributed by atoms with van der Waals surface area (Å²) in [5.74, 6) is -0.785. The molecule has 1 N–H and O–H groups in total. The largest absolute Gasteiger partial charge is 0.451 e. The molecule has 1 aromatic carbocycles. The summed E-state index contributed by atoms with van der Waals surface area (Å²) in [4.78, 5) is 39.1. The van der Waals surface area contributed by atoms with Gasteiger partial charge in [-0.1, -0.05) is 25.1 Å². The first-order valence-electron chi connectivity index (χ1n) is 10.8. The van der Waals surface area contributed by atoms with Gasteiger partial charge in [0, 0.05) is 10.3 Å². The van der Waals surface area contributed by atoms with Gasteiger partial charge in [0.05, 0.1) is 17.0 Å². The molecule has 8 nitrogen and oxygen atoms in total. The smallest absolute Gasteiger partial charge is 0.359 e. The molecule has 2 aromatic heterocycles. The molecule has 33 heavy (non-hydrogen) atoms. The number of nitriles is 1. The van der Waals surface area contributed by atoms with Crippen LogP contribution >= 0.6 is 11.3 Å². The average Bonchev–Trinajstić information content (AvgIpc) is 3.13. The number of carbonyl (C=O) groups excluding carboxylic acids is 2. The van der Waals surface area contributed by atoms with Crippen molar-refractivity contribution in [3.05, 3.63) is 56.3 Å². The molecule has 0 saturated carbocycles. The van der Waals surface area contributed by atoms with Crippen LogP contribution in [0.5, 0.6) is 0 Å². The maximum atomic E-state index is 12.8. The third-order valence-electron chi connectivity index (χ3n) is 5.72. The Hall–Kier alpha value is -3.51. The summed E-state index contributed by atoms with van der Waals surface area (Å²) in [6.07, 6.45) is 2.73. The Labute approximate surface area is 194 Å². The molecule has 4 rings (SSSR count). The number of nitrogens with zero attached hydrogens (tertiary/aromatic N) is 3. The fourth-order valence-corrected chi connectivity index (χ4v) is 5.40. The monoisotopic (exact) mass is 464 g/mol. The van der Waals surface area contributed by atoms with Crippen molar-refractivity contribution in [3.63, 3.8) is 0 Å². The minimum absolute atomic E-state index is 0.0232. The van der Waals surface area contributed by atoms with Crippen LogP contribution in [0.1, 0.15) is 59.7 Å². The van der Waals surface area contributed by atoms with Crippen LogP contribution in [-0.4, -0.2) is 28.3 Å². The zero-order valence-electron chi connectivity index (χ0n) is 18.7. The molecule has 0 aliphatic heterocycles. The van der Waals surface area contributed by atoms with Crippen LogP contribution in [0.2, 0.25) is 0 Å². The highest BCUT2D eigenvalue weighted by molar-refractivity contribution is 7.16. The Bertz CT molecular complexity index is 1350. The number of rotatable bonds is 5. The molecule has 1 aliphatic carbocycles. The van der Waals surface area contributed by atoms with E-state index in [4.69, 9.17) is 4.74 Å². The molecule has 1 unspecified atom stereocenters. The number of amides is 1. The van der Waals surface area contributed by atoms with E-state index in [1.165, 1.54) is 16.0 Å². The van der Waals surface area contributed by atoms with E-state index in [2.05, 4.69) is 23.4 Å². The number of benzene rings is 1. The number of esters is 1. The van der Waals surface area contributed by atoms with Gasteiger partial charge in [-0.05, 0) is 50.7 Å². The number of aromatic nitrogens is 2. The van der Waals surface area contributed by atoms with E-state index in [1.807, 2.05) is 0 Å². The molecule has 170 valence electrons. The van der Waals surface area contributed by atoms with E-state index in [1.54, 1.807) is 38.1 Å². The molecular formula is C24H24N4O4S. The first-order valence-corrected chi connectivity index (χ1v) is 11.6. The van der Waals surface area contributed by atoms with Gasteiger partial charge in [0.2, 0.25) is 0 Å². The molecule has 0 radical (unpaired) electrons. The summed E-state index contributed by atoms with van der Waals surface area (Å²) >= 11 is 1.41. The highest BCUT2D eigenvalue weighted by Gasteiger charge is 2.25. The fraction of sp³-hybridized carbons (Fsp3) is 0.375. The molecule has 9 heteroatoms. The highest BCUT2D eigenvalue weighted by atomic mass is 32.1. The minimum atomic E-state index is -0.796. The van der Waals surface area contributed by atoms with Crippen molar-refractivity contribution >= 4 is 39.0 Å². The molecule has 1 atom stereocenters. The molecule has 1 aliphatic rings. The molecule has 0 spiro atoms. The first-order chi connectivity index (χ1) is 15.8. The quantitative estimate of drug-likeness (QED) is 0.574. The molecule has 1 amide bonds. The maximum Gasteiger partial charge on any atom is 0.359 e. The van der Waals surface area contributed by atoms with Crippen molar-refractivity contribution in [2.75, 3.05) is 11.9 Å². The number of carbonyl (C=O) groups is 2. The summed E-state index contributed by atoms with van der Waals surface area (Å²) < 4.78 is 6.46. The van der Waals surface area contributed by atoms with Gasteiger partial charge in [-0.25, -0.2) is 9.48 Å². The predicted octanol–water partition coefficient (Wildman–Crippen LogP) is 3.83. The Morgan fingerprint density at radius 3 is 2.76 bits per heavy atom. The molecule has 2 heterocycles. The van der Waals surface area contributed by atoms with Crippen LogP contribution in [0, 0.1) is 17.2 Å². The lowest BCUT2D eigenvalue weighted by Gasteiger charge is -2.17. The molecule has 0 bridgehead atoms. The van der Waals surface area contributed by atoms with Gasteiger partial charge < -0.3 is 10.1 Å². The lowest BCUT2D eigenvalue weighted by Crippen LogP contribution is -2.28. The Morgan fingerprint density at radius 1 is 1.33 bits per heavy atom. The minimum Gasteiger partial charge on any atom is -0.451 e. The van der Waals surface area contributed by atoms with Crippen molar-refractivity contribution in [2.24, 2.45) is 5.92 Å². The third-order valence-corrected chi connectivity index (χ3v) is 6.89. The normalized spacial score (nSPS) is 15.2. The fourth-order valence-electron chi connectivity index (χ4n) is 4.03. The zero-order chi connectivity index (χ0) is 23.7. The SMILES string of the molecule is CC1CCc2c(sc(NC(=O)COC(=O)c3nn(C(C)C)c(=O)c4ccccc34)c2C#N)C1. The van der Waals surface area contributed by atoms with E-state index in [-0.39, 0.29) is 17.3 Å². The second-order valence-corrected chi connectivity index (χ2v) is 9.63. The van der Waals surface area contributed by atoms with Gasteiger partial charge in [0.25, 0.3) is 11.5 Å². The van der Waals surface area contributed by atoms with Crippen molar-refractivity contribution in [1.29, 1.82) is 5.26 Å². The topological polar surface area (TPSA) is 114 Å². The van der Waals surface area contributed by atoms with Crippen LogP contribution in [-0.2, 0) is 22.4 Å². The summed E-state index contributed by atoms with van der Waals surface area (Å²) in [6.45, 7) is 5.23. The van der Waals surface area contributed by atoms with Crippen LogP contribution in [0.15, 0.2) is 29.1 Å². The van der Waals surface area contributed by atoms with E-state index >= 15 is 0 Å². The van der Waals surface area contributed by atoms with E-state index in [0.717, 1.165) is 29.7 Å². The van der Waals surface area contributed by atoms with Gasteiger partial charge in [-0.15, -0.1) is 11.3 Å². The first kappa shape index (κ1) is 22.7. The van der Waals surface area contributed by atoms with Gasteiger partial charge in [-0.2, -0.15) is 10.4 Å². The molecule has 0 fully saturated rings. The number of nitrogens with one attached hydrogen (secondary N) is 1. The summed E-state index contributed by atoms with van der Waals surface area (Å²) in [5, 5.41) is 17.7. The van der Waals surface area contributed by atoms with Crippen LogP contribution in [0.4, 0.5) is 5.00 Å². The van der Waals surface area contributed by atoms with Crippen molar-refractivity contribution in [3.8, 4) is 6.07 Å². The van der Waals surface area contributed by atoms with E-state index in [9.17, 15) is 19.6 Å². The van der Waals surface area contributed by atoms with Crippen molar-refractivity contribution in [2.45, 2.75) is 46.1 Å². The lowest BCUT2D eigenvalue weighted by molar-refractivity contribution is -0.119. The molecule has 0 saturated heterocycles. The number of ether oxygens (including phenoxy) is 1. The van der Waals surface area contributed by atoms with Crippen LogP contribution in [0.3, 0.4) is 0 Å². The Kier molecular flexibility index (Phi) is 6.29. The number of thiophene rings is 1. The lowest BCUT2D eigenvalue weighted by atomic mass is 9.89. The van der Waals surface area contributed by atoms with Gasteiger partial charge >= 0.3 is 5.97 Å². The number of hydrogen-bond acceptors (Lipinski definition) is 7. The zero-order valence-corrected chi connectivity index (χ0v) is 19.5. The maximum absolute atomic E-state index is 12.8. The summed E-state index contributed by atoms with van der Waals surface area (Å²) in [6, 6.07) is 8.62. The second kappa shape index (κ2) is 9.16. The summed E-state index contributed by atoms with van der Waals surface area (Å²) in [7, 11) is 0. The van der Waals surface area contributed by atoms with Crippen molar-refractivity contribution < 1.29 is 14.3 Å². The molecular weight excluding hydrogens is 440 g/mol. The number of anilines is 1. The van der Waals surface area contributed by atoms with Crippen LogP contribution < -0.4 is 10.9 Å². The number of fused-ring (bicyclic) bond motifs is 2. The van der Waals surface area contributed by atoms with Gasteiger partial charge in [0.1, 0.15) is 11.1 Å². The van der Waals surface area contributed by atoms with E-state index < -0.39 is 18.5 Å².